The fourth-order valence-electron chi connectivity index (χ4n) is 3.74. The smallest absolute Gasteiger partial charge is 0.275 e. The third-order valence-electron chi connectivity index (χ3n) is 5.60. The molecule has 0 bridgehead atoms. The Balaban J connectivity index is 1.44. The van der Waals surface area contributed by atoms with Gasteiger partial charge in [-0.15, -0.1) is 0 Å². The van der Waals surface area contributed by atoms with Crippen molar-refractivity contribution >= 4 is 22.4 Å². The number of carbonyl (C=O) groups excluding carboxylic acids is 1. The summed E-state index contributed by atoms with van der Waals surface area (Å²) < 4.78 is 1.27. The molecular formula is C22H24N4O2. The van der Waals surface area contributed by atoms with Gasteiger partial charge in [-0.05, 0) is 37.1 Å². The van der Waals surface area contributed by atoms with Crippen molar-refractivity contribution in [1.82, 2.24) is 14.7 Å². The maximum atomic E-state index is 12.7. The molecule has 2 heterocycles. The van der Waals surface area contributed by atoms with E-state index >= 15 is 0 Å². The molecule has 0 N–H and O–H groups in total. The zero-order valence-electron chi connectivity index (χ0n) is 16.3. The average Bonchev–Trinajstić information content (AvgIpc) is 2.72. The third kappa shape index (κ3) is 3.38. The van der Waals surface area contributed by atoms with Crippen LogP contribution in [-0.4, -0.2) is 46.8 Å². The van der Waals surface area contributed by atoms with E-state index in [2.05, 4.69) is 42.0 Å². The van der Waals surface area contributed by atoms with Crippen molar-refractivity contribution in [2.24, 2.45) is 0 Å². The highest BCUT2D eigenvalue weighted by molar-refractivity contribution is 5.81. The van der Waals surface area contributed by atoms with Crippen molar-refractivity contribution in [3.05, 3.63) is 70.1 Å². The highest BCUT2D eigenvalue weighted by Gasteiger charge is 2.23. The second-order valence-electron chi connectivity index (χ2n) is 7.28. The Hall–Kier alpha value is -3.15. The second kappa shape index (κ2) is 7.46. The van der Waals surface area contributed by atoms with Crippen molar-refractivity contribution in [3.63, 3.8) is 0 Å². The average molecular weight is 376 g/mol. The summed E-state index contributed by atoms with van der Waals surface area (Å²) in [6.07, 6.45) is 1.64. The minimum Gasteiger partial charge on any atom is -0.368 e. The molecule has 0 radical (unpaired) electrons. The number of nitrogens with zero attached hydrogens (tertiary/aromatic N) is 4. The lowest BCUT2D eigenvalue weighted by Crippen LogP contribution is -2.50. The van der Waals surface area contributed by atoms with E-state index in [9.17, 15) is 9.59 Å². The first-order chi connectivity index (χ1) is 13.5. The van der Waals surface area contributed by atoms with Crippen LogP contribution in [0.5, 0.6) is 0 Å². The van der Waals surface area contributed by atoms with Gasteiger partial charge < -0.3 is 9.80 Å². The normalized spacial score (nSPS) is 14.5. The number of anilines is 1. The zero-order chi connectivity index (χ0) is 19.7. The molecular weight excluding hydrogens is 352 g/mol. The van der Waals surface area contributed by atoms with Crippen molar-refractivity contribution in [2.75, 3.05) is 31.1 Å². The third-order valence-corrected chi connectivity index (χ3v) is 5.60. The lowest BCUT2D eigenvalue weighted by Gasteiger charge is -2.37. The van der Waals surface area contributed by atoms with Gasteiger partial charge in [-0.1, -0.05) is 30.3 Å². The Morgan fingerprint density at radius 1 is 1.00 bits per heavy atom. The summed E-state index contributed by atoms with van der Waals surface area (Å²) in [6.45, 7) is 7.11. The van der Waals surface area contributed by atoms with E-state index in [4.69, 9.17) is 0 Å². The highest BCUT2D eigenvalue weighted by atomic mass is 16.2. The van der Waals surface area contributed by atoms with E-state index in [0.717, 1.165) is 18.5 Å². The number of benzene rings is 2. The highest BCUT2D eigenvalue weighted by Crippen LogP contribution is 2.23. The summed E-state index contributed by atoms with van der Waals surface area (Å²) in [6, 6.07) is 13.6. The molecule has 28 heavy (non-hydrogen) atoms. The van der Waals surface area contributed by atoms with E-state index in [0.29, 0.717) is 18.5 Å². The Bertz CT molecular complexity index is 1080. The summed E-state index contributed by atoms with van der Waals surface area (Å²) in [7, 11) is 0. The largest absolute Gasteiger partial charge is 0.368 e. The van der Waals surface area contributed by atoms with Crippen LogP contribution in [0.1, 0.15) is 11.1 Å². The summed E-state index contributed by atoms with van der Waals surface area (Å²) in [5, 5.41) is 5.55. The van der Waals surface area contributed by atoms with Gasteiger partial charge in [0.15, 0.2) is 0 Å². The van der Waals surface area contributed by atoms with E-state index in [1.807, 2.05) is 23.1 Å². The van der Waals surface area contributed by atoms with Gasteiger partial charge in [0.25, 0.3) is 5.56 Å². The lowest BCUT2D eigenvalue weighted by molar-refractivity contribution is -0.132. The van der Waals surface area contributed by atoms with Crippen LogP contribution in [0.25, 0.3) is 10.8 Å². The maximum Gasteiger partial charge on any atom is 0.275 e. The molecule has 0 saturated carbocycles. The predicted octanol–water partition coefficient (Wildman–Crippen LogP) is 2.36. The first kappa shape index (κ1) is 18.2. The number of rotatable bonds is 3. The first-order valence-electron chi connectivity index (χ1n) is 9.58. The van der Waals surface area contributed by atoms with Crippen molar-refractivity contribution in [3.8, 4) is 0 Å². The fraction of sp³-hybridized carbons (Fsp3) is 0.318. The van der Waals surface area contributed by atoms with Gasteiger partial charge >= 0.3 is 0 Å². The van der Waals surface area contributed by atoms with Crippen LogP contribution < -0.4 is 10.5 Å². The Morgan fingerprint density at radius 3 is 2.54 bits per heavy atom. The van der Waals surface area contributed by atoms with Crippen LogP contribution in [0, 0.1) is 13.8 Å². The molecule has 3 aromatic rings. The molecule has 144 valence electrons. The number of aromatic nitrogens is 2. The van der Waals surface area contributed by atoms with Crippen LogP contribution in [0.3, 0.4) is 0 Å². The maximum absolute atomic E-state index is 12.7. The van der Waals surface area contributed by atoms with E-state index in [-0.39, 0.29) is 18.0 Å². The molecule has 0 spiro atoms. The van der Waals surface area contributed by atoms with Gasteiger partial charge in [0.2, 0.25) is 5.91 Å². The van der Waals surface area contributed by atoms with Gasteiger partial charge in [-0.3, -0.25) is 9.59 Å². The van der Waals surface area contributed by atoms with Crippen LogP contribution >= 0.6 is 0 Å². The molecule has 1 fully saturated rings. The van der Waals surface area contributed by atoms with Crippen molar-refractivity contribution < 1.29 is 4.79 Å². The Labute approximate surface area is 164 Å². The second-order valence-corrected chi connectivity index (χ2v) is 7.28. The molecule has 1 aliphatic heterocycles. The molecule has 1 aliphatic rings. The van der Waals surface area contributed by atoms with Gasteiger partial charge in [0.05, 0.1) is 11.6 Å². The molecule has 0 aliphatic carbocycles. The molecule has 1 aromatic heterocycles. The van der Waals surface area contributed by atoms with Crippen LogP contribution in [0.2, 0.25) is 0 Å². The fourth-order valence-corrected chi connectivity index (χ4v) is 3.74. The monoisotopic (exact) mass is 376 g/mol. The molecule has 4 rings (SSSR count). The van der Waals surface area contributed by atoms with E-state index in [1.165, 1.54) is 21.5 Å². The number of piperazine rings is 1. The standard InChI is InChI=1S/C22H24N4O2/c1-16-6-5-9-20(17(16)2)24-10-12-25(13-11-24)21(27)15-26-22(28)19-8-4-3-7-18(19)14-23-26/h3-9,14H,10-13,15H2,1-2H3. The zero-order valence-corrected chi connectivity index (χ0v) is 16.3. The summed E-state index contributed by atoms with van der Waals surface area (Å²) in [4.78, 5) is 29.5. The number of hydrogen-bond donors (Lipinski definition) is 0. The number of hydrogen-bond acceptors (Lipinski definition) is 4. The summed E-state index contributed by atoms with van der Waals surface area (Å²) >= 11 is 0. The number of aryl methyl sites for hydroxylation is 1. The number of carbonyl (C=O) groups is 1. The van der Waals surface area contributed by atoms with Crippen LogP contribution in [0.15, 0.2) is 53.5 Å². The Kier molecular flexibility index (Phi) is 4.86. The molecule has 2 aromatic carbocycles. The van der Waals surface area contributed by atoms with Crippen molar-refractivity contribution in [2.45, 2.75) is 20.4 Å². The van der Waals surface area contributed by atoms with Gasteiger partial charge in [-0.2, -0.15) is 5.10 Å². The van der Waals surface area contributed by atoms with Gasteiger partial charge in [0.1, 0.15) is 6.54 Å². The van der Waals surface area contributed by atoms with Crippen LogP contribution in [-0.2, 0) is 11.3 Å². The van der Waals surface area contributed by atoms with Gasteiger partial charge in [0, 0.05) is 37.3 Å². The molecule has 0 unspecified atom stereocenters. The molecule has 1 saturated heterocycles. The lowest BCUT2D eigenvalue weighted by atomic mass is 10.1. The van der Waals surface area contributed by atoms with Gasteiger partial charge in [-0.25, -0.2) is 4.68 Å². The van der Waals surface area contributed by atoms with Crippen LogP contribution in [0.4, 0.5) is 5.69 Å². The summed E-state index contributed by atoms with van der Waals surface area (Å²) in [5.41, 5.74) is 3.58. The molecule has 6 nitrogen and oxygen atoms in total. The quantitative estimate of drug-likeness (QED) is 0.704. The number of fused-ring (bicyclic) bond motifs is 1. The predicted molar refractivity (Wildman–Crippen MR) is 111 cm³/mol. The number of amides is 1. The van der Waals surface area contributed by atoms with Crippen molar-refractivity contribution in [1.29, 1.82) is 0 Å². The summed E-state index contributed by atoms with van der Waals surface area (Å²) in [5.74, 6) is -0.0644. The molecule has 0 atom stereocenters. The SMILES string of the molecule is Cc1cccc(N2CCN(C(=O)Cn3ncc4ccccc4c3=O)CC2)c1C. The molecule has 6 heteroatoms. The molecule has 1 amide bonds. The minimum atomic E-state index is -0.222. The Morgan fingerprint density at radius 2 is 1.75 bits per heavy atom. The topological polar surface area (TPSA) is 58.4 Å². The van der Waals surface area contributed by atoms with E-state index in [1.54, 1.807) is 12.3 Å². The first-order valence-corrected chi connectivity index (χ1v) is 9.58. The van der Waals surface area contributed by atoms with E-state index < -0.39 is 0 Å². The minimum absolute atomic E-state index is 0.0207.